The Kier molecular flexibility index (Phi) is 7.01. The Morgan fingerprint density at radius 2 is 1.93 bits per heavy atom. The molecule has 2 N–H and O–H groups in total. The van der Waals surface area contributed by atoms with Crippen molar-refractivity contribution in [2.75, 3.05) is 26.4 Å². The first-order valence-electron chi connectivity index (χ1n) is 5.10. The van der Waals surface area contributed by atoms with E-state index in [1.807, 2.05) is 11.8 Å². The van der Waals surface area contributed by atoms with Crippen molar-refractivity contribution in [2.24, 2.45) is 0 Å². The highest BCUT2D eigenvalue weighted by molar-refractivity contribution is 8.00. The number of likely N-dealkylation sites (N-methyl/N-ethyl adjacent to an activating group) is 1. The number of hydrogen-bond donors (Lipinski definition) is 2. The maximum Gasteiger partial charge on any atom is 0.233 e. The van der Waals surface area contributed by atoms with Crippen LogP contribution in [0, 0.1) is 0 Å². The van der Waals surface area contributed by atoms with Crippen LogP contribution in [0.15, 0.2) is 0 Å². The van der Waals surface area contributed by atoms with Crippen molar-refractivity contribution in [3.05, 3.63) is 0 Å². The predicted octanol–water partition coefficient (Wildman–Crippen LogP) is 1.24. The molecule has 0 aliphatic rings. The Bertz CT molecular complexity index is 161. The molecule has 0 fully saturated rings. The molecular weight excluding hydrogens is 196 g/mol. The van der Waals surface area contributed by atoms with Gasteiger partial charge in [0.15, 0.2) is 0 Å². The minimum absolute atomic E-state index is 0.0483. The van der Waals surface area contributed by atoms with Crippen molar-refractivity contribution in [1.29, 1.82) is 0 Å². The highest BCUT2D eigenvalue weighted by Gasteiger charge is 2.24. The molecule has 0 rings (SSSR count). The van der Waals surface area contributed by atoms with Gasteiger partial charge in [-0.1, -0.05) is 13.8 Å². The maximum absolute atomic E-state index is 11.0. The lowest BCUT2D eigenvalue weighted by Gasteiger charge is -2.29. The van der Waals surface area contributed by atoms with Crippen molar-refractivity contribution in [3.8, 4) is 0 Å². The Labute approximate surface area is 91.4 Å². The molecule has 0 unspecified atom stereocenters. The van der Waals surface area contributed by atoms with E-state index >= 15 is 0 Å². The third-order valence-corrected chi connectivity index (χ3v) is 4.32. The number of amides is 1. The van der Waals surface area contributed by atoms with E-state index in [1.165, 1.54) is 0 Å². The summed E-state index contributed by atoms with van der Waals surface area (Å²) in [6.07, 6.45) is 4.39. The average molecular weight is 218 g/mol. The molecule has 0 heterocycles. The van der Waals surface area contributed by atoms with Crippen molar-refractivity contribution in [2.45, 2.75) is 31.4 Å². The zero-order valence-corrected chi connectivity index (χ0v) is 10.5. The summed E-state index contributed by atoms with van der Waals surface area (Å²) < 4.78 is 0.286. The van der Waals surface area contributed by atoms with E-state index in [9.17, 15) is 4.79 Å². The summed E-state index contributed by atoms with van der Waals surface area (Å²) in [5, 5.41) is 5.79. The van der Waals surface area contributed by atoms with Gasteiger partial charge in [0.2, 0.25) is 5.91 Å². The van der Waals surface area contributed by atoms with Crippen LogP contribution in [0.4, 0.5) is 0 Å². The van der Waals surface area contributed by atoms with Crippen LogP contribution in [0.1, 0.15) is 26.7 Å². The van der Waals surface area contributed by atoms with Gasteiger partial charge in [0.1, 0.15) is 0 Å². The highest BCUT2D eigenvalue weighted by atomic mass is 32.2. The van der Waals surface area contributed by atoms with Crippen molar-refractivity contribution in [1.82, 2.24) is 10.6 Å². The van der Waals surface area contributed by atoms with Crippen LogP contribution < -0.4 is 10.6 Å². The molecule has 84 valence electrons. The summed E-state index contributed by atoms with van der Waals surface area (Å²) in [4.78, 5) is 11.0. The average Bonchev–Trinajstić information content (AvgIpc) is 2.25. The van der Waals surface area contributed by atoms with Crippen LogP contribution in [0.5, 0.6) is 0 Å². The second-order valence-electron chi connectivity index (χ2n) is 3.37. The van der Waals surface area contributed by atoms with E-state index in [0.717, 1.165) is 19.4 Å². The SMILES string of the molecule is CCC(CC)(CNCC(=O)NC)SC. The van der Waals surface area contributed by atoms with Crippen molar-refractivity contribution in [3.63, 3.8) is 0 Å². The molecule has 0 spiro atoms. The standard InChI is InChI=1S/C10H22N2OS/c1-5-10(6-2,14-4)8-12-7-9(13)11-3/h12H,5-8H2,1-4H3,(H,11,13). The van der Waals surface area contributed by atoms with Gasteiger partial charge in [0.05, 0.1) is 6.54 Å². The Hall–Kier alpha value is -0.220. The largest absolute Gasteiger partial charge is 0.358 e. The maximum atomic E-state index is 11.0. The fourth-order valence-corrected chi connectivity index (χ4v) is 2.18. The van der Waals surface area contributed by atoms with Gasteiger partial charge in [0, 0.05) is 18.3 Å². The Balaban J connectivity index is 3.88. The highest BCUT2D eigenvalue weighted by Crippen LogP contribution is 2.29. The summed E-state index contributed by atoms with van der Waals surface area (Å²) in [7, 11) is 1.66. The molecule has 0 saturated carbocycles. The molecule has 0 aliphatic carbocycles. The van der Waals surface area contributed by atoms with Gasteiger partial charge in [-0.25, -0.2) is 0 Å². The second kappa shape index (κ2) is 7.12. The van der Waals surface area contributed by atoms with Gasteiger partial charge < -0.3 is 10.6 Å². The first-order valence-corrected chi connectivity index (χ1v) is 6.33. The van der Waals surface area contributed by atoms with Gasteiger partial charge >= 0.3 is 0 Å². The molecule has 0 aliphatic heterocycles. The van der Waals surface area contributed by atoms with Crippen LogP contribution >= 0.6 is 11.8 Å². The lowest BCUT2D eigenvalue weighted by atomic mass is 10.0. The van der Waals surface area contributed by atoms with Gasteiger partial charge in [-0.15, -0.1) is 0 Å². The van der Waals surface area contributed by atoms with E-state index in [-0.39, 0.29) is 10.7 Å². The molecule has 0 bridgehead atoms. The second-order valence-corrected chi connectivity index (χ2v) is 4.65. The van der Waals surface area contributed by atoms with Gasteiger partial charge in [-0.05, 0) is 19.1 Å². The third kappa shape index (κ3) is 4.33. The minimum Gasteiger partial charge on any atom is -0.358 e. The van der Waals surface area contributed by atoms with Crippen molar-refractivity contribution < 1.29 is 4.79 Å². The topological polar surface area (TPSA) is 41.1 Å². The summed E-state index contributed by atoms with van der Waals surface area (Å²) in [5.74, 6) is 0.0483. The number of carbonyl (C=O) groups excluding carboxylic acids is 1. The molecule has 0 aromatic carbocycles. The van der Waals surface area contributed by atoms with Crippen LogP contribution in [-0.4, -0.2) is 37.0 Å². The monoisotopic (exact) mass is 218 g/mol. The molecule has 4 heteroatoms. The smallest absolute Gasteiger partial charge is 0.233 e. The molecule has 14 heavy (non-hydrogen) atoms. The fraction of sp³-hybridized carbons (Fsp3) is 0.900. The molecule has 3 nitrogen and oxygen atoms in total. The Morgan fingerprint density at radius 1 is 1.36 bits per heavy atom. The van der Waals surface area contributed by atoms with Gasteiger partial charge in [0.25, 0.3) is 0 Å². The van der Waals surface area contributed by atoms with Gasteiger partial charge in [-0.3, -0.25) is 4.79 Å². The molecule has 0 radical (unpaired) electrons. The van der Waals surface area contributed by atoms with E-state index in [2.05, 4.69) is 30.7 Å². The van der Waals surface area contributed by atoms with Crippen molar-refractivity contribution >= 4 is 17.7 Å². The Morgan fingerprint density at radius 3 is 2.29 bits per heavy atom. The number of thioether (sulfide) groups is 1. The zero-order chi connectivity index (χ0) is 11.0. The molecule has 0 aromatic heterocycles. The van der Waals surface area contributed by atoms with Gasteiger partial charge in [-0.2, -0.15) is 11.8 Å². The number of carbonyl (C=O) groups is 1. The van der Waals surface area contributed by atoms with Crippen LogP contribution in [0.3, 0.4) is 0 Å². The van der Waals surface area contributed by atoms with E-state index < -0.39 is 0 Å². The number of hydrogen-bond acceptors (Lipinski definition) is 3. The number of nitrogens with one attached hydrogen (secondary N) is 2. The third-order valence-electron chi connectivity index (χ3n) is 2.73. The van der Waals surface area contributed by atoms with Crippen LogP contribution in [0.2, 0.25) is 0 Å². The van der Waals surface area contributed by atoms with E-state index in [0.29, 0.717) is 6.54 Å². The minimum atomic E-state index is 0.0483. The first-order chi connectivity index (χ1) is 6.64. The van der Waals surface area contributed by atoms with E-state index in [1.54, 1.807) is 7.05 Å². The molecular formula is C10H22N2OS. The normalized spacial score (nSPS) is 11.4. The molecule has 1 amide bonds. The number of rotatable bonds is 7. The lowest BCUT2D eigenvalue weighted by molar-refractivity contribution is -0.119. The molecule has 0 atom stereocenters. The summed E-state index contributed by atoms with van der Waals surface area (Å²) in [5.41, 5.74) is 0. The molecule has 0 saturated heterocycles. The summed E-state index contributed by atoms with van der Waals surface area (Å²) >= 11 is 1.88. The van der Waals surface area contributed by atoms with E-state index in [4.69, 9.17) is 0 Å². The first kappa shape index (κ1) is 13.8. The lowest BCUT2D eigenvalue weighted by Crippen LogP contribution is -2.41. The molecule has 0 aromatic rings. The summed E-state index contributed by atoms with van der Waals surface area (Å²) in [6, 6.07) is 0. The zero-order valence-electron chi connectivity index (χ0n) is 9.64. The predicted molar refractivity (Wildman–Crippen MR) is 63.8 cm³/mol. The van der Waals surface area contributed by atoms with Crippen LogP contribution in [0.25, 0.3) is 0 Å². The van der Waals surface area contributed by atoms with Crippen LogP contribution in [-0.2, 0) is 4.79 Å². The fourth-order valence-electron chi connectivity index (χ4n) is 1.35. The summed E-state index contributed by atoms with van der Waals surface area (Å²) in [6.45, 7) is 5.70. The quantitative estimate of drug-likeness (QED) is 0.675.